The number of aromatic carboxylic acids is 1. The molecule has 0 bridgehead atoms. The lowest BCUT2D eigenvalue weighted by molar-refractivity contribution is 0.0694. The van der Waals surface area contributed by atoms with Crippen molar-refractivity contribution in [2.75, 3.05) is 0 Å². The molecule has 1 aromatic carbocycles. The molecule has 0 unspecified atom stereocenters. The zero-order valence-corrected chi connectivity index (χ0v) is 10.3. The predicted octanol–water partition coefficient (Wildman–Crippen LogP) is 3.29. The summed E-state index contributed by atoms with van der Waals surface area (Å²) in [5.41, 5.74) is 1.31. The monoisotopic (exact) mass is 235 g/mol. The van der Waals surface area contributed by atoms with E-state index in [2.05, 4.69) is 25.1 Å². The van der Waals surface area contributed by atoms with Gasteiger partial charge in [-0.1, -0.05) is 26.8 Å². The van der Waals surface area contributed by atoms with Crippen LogP contribution >= 0.6 is 11.5 Å². The van der Waals surface area contributed by atoms with Crippen LogP contribution < -0.4 is 0 Å². The second-order valence-corrected chi connectivity index (χ2v) is 5.60. The normalized spacial score (nSPS) is 11.9. The Labute approximate surface area is 97.9 Å². The minimum atomic E-state index is -0.961. The Morgan fingerprint density at radius 2 is 2.06 bits per heavy atom. The van der Waals surface area contributed by atoms with E-state index in [0.717, 1.165) is 15.6 Å². The van der Waals surface area contributed by atoms with Crippen LogP contribution in [0, 0.1) is 0 Å². The lowest BCUT2D eigenvalue weighted by Crippen LogP contribution is -2.10. The third kappa shape index (κ3) is 1.80. The summed E-state index contributed by atoms with van der Waals surface area (Å²) in [6.45, 7) is 6.32. The van der Waals surface area contributed by atoms with Gasteiger partial charge in [-0.3, -0.25) is 0 Å². The van der Waals surface area contributed by atoms with Crippen LogP contribution in [0.4, 0.5) is 0 Å². The van der Waals surface area contributed by atoms with Crippen molar-refractivity contribution in [1.82, 2.24) is 4.37 Å². The highest BCUT2D eigenvalue weighted by Gasteiger charge is 2.18. The topological polar surface area (TPSA) is 50.2 Å². The Morgan fingerprint density at radius 1 is 1.38 bits per heavy atom. The van der Waals surface area contributed by atoms with Crippen molar-refractivity contribution in [2.24, 2.45) is 0 Å². The molecule has 84 valence electrons. The lowest BCUT2D eigenvalue weighted by Gasteiger charge is -2.18. The number of aromatic nitrogens is 1. The molecular weight excluding hydrogens is 222 g/mol. The van der Waals surface area contributed by atoms with Crippen LogP contribution in [0.5, 0.6) is 0 Å². The Balaban J connectivity index is 2.68. The Hall–Kier alpha value is -1.42. The van der Waals surface area contributed by atoms with Gasteiger partial charge in [-0.15, -0.1) is 0 Å². The number of nitrogens with zero attached hydrogens (tertiary/aromatic N) is 1. The predicted molar refractivity (Wildman–Crippen MR) is 65.3 cm³/mol. The minimum absolute atomic E-state index is 0.0197. The molecule has 0 saturated heterocycles. The highest BCUT2D eigenvalue weighted by Crippen LogP contribution is 2.29. The molecule has 0 spiro atoms. The van der Waals surface area contributed by atoms with Gasteiger partial charge in [0, 0.05) is 5.39 Å². The first-order valence-corrected chi connectivity index (χ1v) is 5.80. The van der Waals surface area contributed by atoms with Crippen molar-refractivity contribution >= 4 is 27.6 Å². The van der Waals surface area contributed by atoms with Crippen LogP contribution in [0.15, 0.2) is 18.2 Å². The van der Waals surface area contributed by atoms with E-state index in [-0.39, 0.29) is 11.1 Å². The molecule has 16 heavy (non-hydrogen) atoms. The van der Waals surface area contributed by atoms with E-state index in [1.54, 1.807) is 0 Å². The summed E-state index contributed by atoms with van der Waals surface area (Å²) in [4.78, 5) is 11.0. The molecule has 0 radical (unpaired) electrons. The molecular formula is C12H13NO2S. The third-order valence-electron chi connectivity index (χ3n) is 2.54. The Morgan fingerprint density at radius 3 is 2.62 bits per heavy atom. The summed E-state index contributed by atoms with van der Waals surface area (Å²) in [7, 11) is 0. The van der Waals surface area contributed by atoms with Crippen molar-refractivity contribution in [3.05, 3.63) is 29.5 Å². The molecule has 0 aliphatic heterocycles. The summed E-state index contributed by atoms with van der Waals surface area (Å²) < 4.78 is 4.88. The molecule has 2 aromatic rings. The second-order valence-electron chi connectivity index (χ2n) is 4.80. The molecule has 1 aromatic heterocycles. The largest absolute Gasteiger partial charge is 0.476 e. The van der Waals surface area contributed by atoms with Crippen LogP contribution in [0.2, 0.25) is 0 Å². The number of benzene rings is 1. The standard InChI is InChI=1S/C12H13NO2S/c1-12(2,3)7-4-5-9-8(6-7)10(11(14)15)13-16-9/h4-6H,1-3H3,(H,14,15). The molecule has 0 aliphatic carbocycles. The first-order valence-electron chi connectivity index (χ1n) is 5.03. The van der Waals surface area contributed by atoms with Crippen LogP contribution in [0.1, 0.15) is 36.8 Å². The molecule has 0 atom stereocenters. The smallest absolute Gasteiger partial charge is 0.356 e. The number of fused-ring (bicyclic) bond motifs is 1. The molecule has 0 fully saturated rings. The highest BCUT2D eigenvalue weighted by molar-refractivity contribution is 7.13. The second kappa shape index (κ2) is 3.56. The molecule has 3 nitrogen and oxygen atoms in total. The van der Waals surface area contributed by atoms with Gasteiger partial charge in [-0.05, 0) is 34.6 Å². The van der Waals surface area contributed by atoms with E-state index in [9.17, 15) is 4.79 Å². The van der Waals surface area contributed by atoms with Gasteiger partial charge in [0.25, 0.3) is 0 Å². The summed E-state index contributed by atoms with van der Waals surface area (Å²) in [6, 6.07) is 5.91. The molecule has 0 amide bonds. The van der Waals surface area contributed by atoms with E-state index in [1.165, 1.54) is 11.5 Å². The Kier molecular flexibility index (Phi) is 2.46. The quantitative estimate of drug-likeness (QED) is 0.825. The van der Waals surface area contributed by atoms with E-state index in [0.29, 0.717) is 0 Å². The summed E-state index contributed by atoms with van der Waals surface area (Å²) in [5, 5.41) is 9.75. The number of hydrogen-bond donors (Lipinski definition) is 1. The van der Waals surface area contributed by atoms with Crippen molar-refractivity contribution in [3.63, 3.8) is 0 Å². The number of carbonyl (C=O) groups is 1. The van der Waals surface area contributed by atoms with Gasteiger partial charge < -0.3 is 5.11 Å². The van der Waals surface area contributed by atoms with E-state index in [1.807, 2.05) is 18.2 Å². The van der Waals surface area contributed by atoms with E-state index in [4.69, 9.17) is 5.11 Å². The molecule has 0 saturated carbocycles. The van der Waals surface area contributed by atoms with Crippen LogP contribution in [0.25, 0.3) is 10.1 Å². The van der Waals surface area contributed by atoms with Crippen molar-refractivity contribution in [2.45, 2.75) is 26.2 Å². The first-order chi connectivity index (χ1) is 7.39. The van der Waals surface area contributed by atoms with E-state index < -0.39 is 5.97 Å². The molecule has 1 heterocycles. The third-order valence-corrected chi connectivity index (χ3v) is 3.37. The SMILES string of the molecule is CC(C)(C)c1ccc2snc(C(=O)O)c2c1. The van der Waals surface area contributed by atoms with Gasteiger partial charge in [0.15, 0.2) is 5.69 Å². The van der Waals surface area contributed by atoms with Crippen molar-refractivity contribution in [1.29, 1.82) is 0 Å². The number of hydrogen-bond acceptors (Lipinski definition) is 3. The van der Waals surface area contributed by atoms with Crippen molar-refractivity contribution in [3.8, 4) is 0 Å². The van der Waals surface area contributed by atoms with Crippen LogP contribution in [0.3, 0.4) is 0 Å². The summed E-state index contributed by atoms with van der Waals surface area (Å²) in [6.07, 6.45) is 0. The maximum absolute atomic E-state index is 11.0. The zero-order valence-electron chi connectivity index (χ0n) is 9.44. The minimum Gasteiger partial charge on any atom is -0.476 e. The maximum atomic E-state index is 11.0. The van der Waals surface area contributed by atoms with Gasteiger partial charge in [0.05, 0.1) is 4.70 Å². The fourth-order valence-electron chi connectivity index (χ4n) is 1.56. The fraction of sp³-hybridized carbons (Fsp3) is 0.333. The van der Waals surface area contributed by atoms with Crippen LogP contribution in [-0.2, 0) is 5.41 Å². The summed E-state index contributed by atoms with van der Waals surface area (Å²) in [5.74, 6) is -0.961. The number of carboxylic acids is 1. The molecule has 2 rings (SSSR count). The van der Waals surface area contributed by atoms with Gasteiger partial charge in [0.2, 0.25) is 0 Å². The lowest BCUT2D eigenvalue weighted by atomic mass is 9.86. The van der Waals surface area contributed by atoms with Gasteiger partial charge in [-0.25, -0.2) is 4.79 Å². The van der Waals surface area contributed by atoms with E-state index >= 15 is 0 Å². The molecule has 4 heteroatoms. The number of carboxylic acid groups (broad SMARTS) is 1. The van der Waals surface area contributed by atoms with Gasteiger partial charge >= 0.3 is 5.97 Å². The maximum Gasteiger partial charge on any atom is 0.356 e. The van der Waals surface area contributed by atoms with Crippen LogP contribution in [-0.4, -0.2) is 15.4 Å². The average molecular weight is 235 g/mol. The number of rotatable bonds is 1. The molecule has 1 N–H and O–H groups in total. The highest BCUT2D eigenvalue weighted by atomic mass is 32.1. The Bertz CT molecular complexity index is 552. The molecule has 0 aliphatic rings. The average Bonchev–Trinajstić information content (AvgIpc) is 2.58. The fourth-order valence-corrected chi connectivity index (χ4v) is 2.31. The summed E-state index contributed by atoms with van der Waals surface area (Å²) >= 11 is 1.23. The van der Waals surface area contributed by atoms with Gasteiger partial charge in [0.1, 0.15) is 0 Å². The van der Waals surface area contributed by atoms with Gasteiger partial charge in [-0.2, -0.15) is 4.37 Å². The van der Waals surface area contributed by atoms with Crippen molar-refractivity contribution < 1.29 is 9.90 Å². The zero-order chi connectivity index (χ0) is 11.9. The first kappa shape index (κ1) is 11.1.